The number of carboxylic acid groups (broad SMARTS) is 1. The zero-order chi connectivity index (χ0) is 11.1. The highest BCUT2D eigenvalue weighted by atomic mass is 79.9. The summed E-state index contributed by atoms with van der Waals surface area (Å²) in [6.45, 7) is 0. The monoisotopic (exact) mass is 271 g/mol. The van der Waals surface area contributed by atoms with Crippen LogP contribution in [-0.2, 0) is 10.2 Å². The molecule has 0 amide bonds. The molecular weight excluding hydrogens is 262 g/mol. The zero-order valence-corrected chi connectivity index (χ0v) is 9.44. The molecule has 1 aromatic heterocycles. The van der Waals surface area contributed by atoms with E-state index < -0.39 is 17.5 Å². The average molecular weight is 272 g/mol. The Bertz CT molecular complexity index is 401. The van der Waals surface area contributed by atoms with Crippen molar-refractivity contribution in [3.05, 3.63) is 28.5 Å². The molecule has 2 N–H and O–H groups in total. The lowest BCUT2D eigenvalue weighted by molar-refractivity contribution is -0.152. The van der Waals surface area contributed by atoms with Gasteiger partial charge in [-0.05, 0) is 40.4 Å². The van der Waals surface area contributed by atoms with Crippen molar-refractivity contribution < 1.29 is 15.0 Å². The van der Waals surface area contributed by atoms with Crippen molar-refractivity contribution in [1.82, 2.24) is 4.98 Å². The highest BCUT2D eigenvalue weighted by Gasteiger charge is 2.51. The van der Waals surface area contributed by atoms with E-state index in [0.29, 0.717) is 5.56 Å². The van der Waals surface area contributed by atoms with Gasteiger partial charge in [0.25, 0.3) is 0 Å². The maximum absolute atomic E-state index is 11.2. The third-order valence-electron chi connectivity index (χ3n) is 2.84. The van der Waals surface area contributed by atoms with Crippen LogP contribution in [0.5, 0.6) is 0 Å². The molecule has 1 heterocycles. The van der Waals surface area contributed by atoms with Crippen LogP contribution in [-0.4, -0.2) is 27.3 Å². The number of aliphatic carboxylic acids is 1. The smallest absolute Gasteiger partial charge is 0.314 e. The van der Waals surface area contributed by atoms with Gasteiger partial charge in [-0.25, -0.2) is 0 Å². The van der Waals surface area contributed by atoms with Gasteiger partial charge in [-0.3, -0.25) is 9.78 Å². The lowest BCUT2D eigenvalue weighted by atomic mass is 9.63. The van der Waals surface area contributed by atoms with E-state index in [2.05, 4.69) is 20.9 Å². The zero-order valence-electron chi connectivity index (χ0n) is 7.85. The molecule has 1 fully saturated rings. The number of aromatic nitrogens is 1. The molecule has 5 heteroatoms. The van der Waals surface area contributed by atoms with E-state index in [-0.39, 0.29) is 12.8 Å². The first-order valence-corrected chi connectivity index (χ1v) is 5.36. The van der Waals surface area contributed by atoms with E-state index in [1.807, 2.05) is 0 Å². The van der Waals surface area contributed by atoms with E-state index in [1.54, 1.807) is 18.5 Å². The van der Waals surface area contributed by atoms with Gasteiger partial charge in [0.05, 0.1) is 11.5 Å². The van der Waals surface area contributed by atoms with Gasteiger partial charge in [-0.15, -0.1) is 0 Å². The first-order valence-electron chi connectivity index (χ1n) is 4.57. The normalized spacial score (nSPS) is 29.6. The molecule has 0 saturated heterocycles. The van der Waals surface area contributed by atoms with E-state index in [4.69, 9.17) is 0 Å². The summed E-state index contributed by atoms with van der Waals surface area (Å²) in [6, 6.07) is 1.74. The van der Waals surface area contributed by atoms with Crippen molar-refractivity contribution in [1.29, 1.82) is 0 Å². The summed E-state index contributed by atoms with van der Waals surface area (Å²) in [5.74, 6) is -0.896. The number of aliphatic hydroxyl groups excluding tert-OH is 1. The first-order chi connectivity index (χ1) is 7.04. The summed E-state index contributed by atoms with van der Waals surface area (Å²) >= 11 is 3.25. The minimum atomic E-state index is -0.948. The molecule has 0 aliphatic heterocycles. The minimum absolute atomic E-state index is 0.264. The van der Waals surface area contributed by atoms with Crippen molar-refractivity contribution in [2.45, 2.75) is 24.4 Å². The van der Waals surface area contributed by atoms with Crippen LogP contribution in [0.15, 0.2) is 22.9 Å². The number of rotatable bonds is 2. The summed E-state index contributed by atoms with van der Waals surface area (Å²) in [6.07, 6.45) is 3.17. The summed E-state index contributed by atoms with van der Waals surface area (Å²) in [5.41, 5.74) is -0.300. The van der Waals surface area contributed by atoms with Gasteiger partial charge in [0.15, 0.2) is 0 Å². The first kappa shape index (κ1) is 10.6. The van der Waals surface area contributed by atoms with E-state index in [0.717, 1.165) is 4.47 Å². The number of halogens is 1. The number of nitrogens with zero attached hydrogens (tertiary/aromatic N) is 1. The average Bonchev–Trinajstić information content (AvgIpc) is 2.12. The molecule has 0 unspecified atom stereocenters. The number of hydrogen-bond acceptors (Lipinski definition) is 3. The number of pyridine rings is 1. The van der Waals surface area contributed by atoms with Crippen molar-refractivity contribution >= 4 is 21.9 Å². The third kappa shape index (κ3) is 1.66. The van der Waals surface area contributed by atoms with Gasteiger partial charge in [0.1, 0.15) is 0 Å². The third-order valence-corrected chi connectivity index (χ3v) is 3.27. The van der Waals surface area contributed by atoms with Gasteiger partial charge in [0.2, 0.25) is 0 Å². The minimum Gasteiger partial charge on any atom is -0.481 e. The van der Waals surface area contributed by atoms with Gasteiger partial charge >= 0.3 is 5.97 Å². The van der Waals surface area contributed by atoms with Crippen molar-refractivity contribution in [2.75, 3.05) is 0 Å². The second-order valence-electron chi connectivity index (χ2n) is 3.84. The second kappa shape index (κ2) is 3.57. The van der Waals surface area contributed by atoms with Crippen LogP contribution >= 0.6 is 15.9 Å². The fraction of sp³-hybridized carbons (Fsp3) is 0.400. The fourth-order valence-corrected chi connectivity index (χ4v) is 2.32. The van der Waals surface area contributed by atoms with Crippen molar-refractivity contribution in [3.8, 4) is 0 Å². The lowest BCUT2D eigenvalue weighted by Crippen LogP contribution is -2.50. The molecular formula is C10H10BrNO3. The van der Waals surface area contributed by atoms with Crippen LogP contribution in [0.2, 0.25) is 0 Å². The Morgan fingerprint density at radius 3 is 2.67 bits per heavy atom. The van der Waals surface area contributed by atoms with Crippen LogP contribution < -0.4 is 0 Å². The van der Waals surface area contributed by atoms with E-state index in [9.17, 15) is 15.0 Å². The Balaban J connectivity index is 2.39. The largest absolute Gasteiger partial charge is 0.481 e. The van der Waals surface area contributed by atoms with Crippen LogP contribution in [0.4, 0.5) is 0 Å². The highest BCUT2D eigenvalue weighted by Crippen LogP contribution is 2.44. The molecule has 1 aromatic rings. The quantitative estimate of drug-likeness (QED) is 0.851. The number of carbonyl (C=O) groups is 1. The molecule has 0 spiro atoms. The molecule has 0 atom stereocenters. The summed E-state index contributed by atoms with van der Waals surface area (Å²) in [4.78, 5) is 15.2. The summed E-state index contributed by atoms with van der Waals surface area (Å²) in [5, 5.41) is 18.5. The van der Waals surface area contributed by atoms with E-state index in [1.165, 1.54) is 0 Å². The van der Waals surface area contributed by atoms with Crippen molar-refractivity contribution in [2.24, 2.45) is 0 Å². The molecule has 1 saturated carbocycles. The summed E-state index contributed by atoms with van der Waals surface area (Å²) < 4.78 is 0.752. The molecule has 1 aliphatic rings. The molecule has 0 radical (unpaired) electrons. The number of hydrogen-bond donors (Lipinski definition) is 2. The van der Waals surface area contributed by atoms with Gasteiger partial charge in [-0.2, -0.15) is 0 Å². The predicted octanol–water partition coefficient (Wildman–Crippen LogP) is 1.32. The Labute approximate surface area is 95.1 Å². The standard InChI is InChI=1S/C10H10BrNO3/c11-7-1-6(4-12-5-7)10(9(14)15)2-8(13)3-10/h1,4-5,8,13H,2-3H2,(H,14,15). The lowest BCUT2D eigenvalue weighted by Gasteiger charge is -2.41. The van der Waals surface area contributed by atoms with Crippen molar-refractivity contribution in [3.63, 3.8) is 0 Å². The van der Waals surface area contributed by atoms with Gasteiger partial charge in [0, 0.05) is 16.9 Å². The second-order valence-corrected chi connectivity index (χ2v) is 4.76. The predicted molar refractivity (Wildman–Crippen MR) is 56.5 cm³/mol. The van der Waals surface area contributed by atoms with Crippen LogP contribution in [0.3, 0.4) is 0 Å². The Hall–Kier alpha value is -0.940. The molecule has 2 rings (SSSR count). The Morgan fingerprint density at radius 2 is 2.20 bits per heavy atom. The van der Waals surface area contributed by atoms with Crippen LogP contribution in [0, 0.1) is 0 Å². The van der Waals surface area contributed by atoms with Gasteiger partial charge < -0.3 is 10.2 Å². The topological polar surface area (TPSA) is 70.4 Å². The van der Waals surface area contributed by atoms with Crippen LogP contribution in [0.25, 0.3) is 0 Å². The molecule has 80 valence electrons. The molecule has 0 aromatic carbocycles. The SMILES string of the molecule is O=C(O)C1(c2cncc(Br)c2)CC(O)C1. The molecule has 1 aliphatic carbocycles. The molecule has 4 nitrogen and oxygen atoms in total. The van der Waals surface area contributed by atoms with Gasteiger partial charge in [-0.1, -0.05) is 0 Å². The maximum atomic E-state index is 11.2. The Kier molecular flexibility index (Phi) is 2.52. The summed E-state index contributed by atoms with van der Waals surface area (Å²) in [7, 11) is 0. The van der Waals surface area contributed by atoms with E-state index >= 15 is 0 Å². The maximum Gasteiger partial charge on any atom is 0.314 e. The highest BCUT2D eigenvalue weighted by molar-refractivity contribution is 9.10. The fourth-order valence-electron chi connectivity index (χ4n) is 1.95. The molecule has 15 heavy (non-hydrogen) atoms. The number of aliphatic hydroxyl groups is 1. The number of carboxylic acids is 1. The van der Waals surface area contributed by atoms with Crippen LogP contribution in [0.1, 0.15) is 18.4 Å². The Morgan fingerprint density at radius 1 is 1.53 bits per heavy atom. The molecule has 0 bridgehead atoms.